The van der Waals surface area contributed by atoms with Gasteiger partial charge in [-0.05, 0) is 38.5 Å². The third-order valence-corrected chi connectivity index (χ3v) is 5.44. The van der Waals surface area contributed by atoms with Crippen LogP contribution in [0.15, 0.2) is 35.4 Å². The first-order valence-corrected chi connectivity index (χ1v) is 10.4. The van der Waals surface area contributed by atoms with Gasteiger partial charge in [0.25, 0.3) is 5.56 Å². The van der Waals surface area contributed by atoms with E-state index in [-0.39, 0.29) is 24.3 Å². The van der Waals surface area contributed by atoms with Crippen LogP contribution < -0.4 is 15.8 Å². The molecule has 3 aromatic rings. The summed E-state index contributed by atoms with van der Waals surface area (Å²) in [5.74, 6) is 0.397. The predicted molar refractivity (Wildman–Crippen MR) is 118 cm³/mol. The van der Waals surface area contributed by atoms with Gasteiger partial charge in [0.05, 0.1) is 18.9 Å². The SMILES string of the molecule is Cc1nc(N2CCOCC2)[nH]c(=O)c1CCC(=O)Nc1ccc(-n2ccnc2C)c(F)c1. The standard InChI is InChI=1S/C22H25FN6O3/c1-14-17(21(31)27-22(25-14)28-9-11-32-12-10-28)4-6-20(30)26-16-3-5-19(18(23)13-16)29-8-7-24-15(29)2/h3,5,7-8,13H,4,6,9-12H2,1-2H3,(H,26,30)(H,25,27,31). The van der Waals surface area contributed by atoms with Gasteiger partial charge in [-0.3, -0.25) is 14.6 Å². The van der Waals surface area contributed by atoms with E-state index >= 15 is 0 Å². The van der Waals surface area contributed by atoms with Crippen LogP contribution in [0.25, 0.3) is 5.69 Å². The number of imidazole rings is 1. The number of carbonyl (C=O) groups excluding carboxylic acids is 1. The van der Waals surface area contributed by atoms with Crippen LogP contribution in [0.3, 0.4) is 0 Å². The van der Waals surface area contributed by atoms with Gasteiger partial charge in [-0.15, -0.1) is 0 Å². The lowest BCUT2D eigenvalue weighted by Gasteiger charge is -2.27. The smallest absolute Gasteiger partial charge is 0.255 e. The number of morpholine rings is 1. The Kier molecular flexibility index (Phi) is 6.31. The van der Waals surface area contributed by atoms with Crippen LogP contribution in [0.2, 0.25) is 0 Å². The van der Waals surface area contributed by atoms with Crippen molar-refractivity contribution in [1.82, 2.24) is 19.5 Å². The first-order chi connectivity index (χ1) is 15.4. The Morgan fingerprint density at radius 1 is 1.28 bits per heavy atom. The highest BCUT2D eigenvalue weighted by molar-refractivity contribution is 5.91. The summed E-state index contributed by atoms with van der Waals surface area (Å²) in [6.07, 6.45) is 3.57. The van der Waals surface area contributed by atoms with E-state index in [0.29, 0.717) is 60.7 Å². The molecule has 4 rings (SSSR count). The Labute approximate surface area is 184 Å². The van der Waals surface area contributed by atoms with Crippen LogP contribution in [-0.2, 0) is 16.0 Å². The highest BCUT2D eigenvalue weighted by Crippen LogP contribution is 2.20. The Morgan fingerprint density at radius 2 is 2.06 bits per heavy atom. The summed E-state index contributed by atoms with van der Waals surface area (Å²) in [5, 5.41) is 2.68. The second-order valence-electron chi connectivity index (χ2n) is 7.61. The summed E-state index contributed by atoms with van der Waals surface area (Å²) in [5.41, 5.74) is 1.51. The largest absolute Gasteiger partial charge is 0.378 e. The average molecular weight is 440 g/mol. The fourth-order valence-electron chi connectivity index (χ4n) is 3.69. The van der Waals surface area contributed by atoms with Crippen LogP contribution in [0, 0.1) is 19.7 Å². The predicted octanol–water partition coefficient (Wildman–Crippen LogP) is 2.12. The van der Waals surface area contributed by atoms with Gasteiger partial charge >= 0.3 is 0 Å². The Bertz CT molecular complexity index is 1180. The summed E-state index contributed by atoms with van der Waals surface area (Å²) in [6.45, 7) is 6.06. The minimum Gasteiger partial charge on any atom is -0.378 e. The number of rotatable bonds is 6. The monoisotopic (exact) mass is 440 g/mol. The zero-order valence-electron chi connectivity index (χ0n) is 18.0. The van der Waals surface area contributed by atoms with E-state index in [2.05, 4.69) is 20.3 Å². The Balaban J connectivity index is 1.39. The van der Waals surface area contributed by atoms with E-state index in [1.165, 1.54) is 6.07 Å². The molecule has 0 spiro atoms. The molecule has 1 aliphatic rings. The van der Waals surface area contributed by atoms with Crippen LogP contribution in [0.5, 0.6) is 0 Å². The third kappa shape index (κ3) is 4.70. The first kappa shape index (κ1) is 21.7. The molecule has 0 bridgehead atoms. The molecule has 2 aromatic heterocycles. The zero-order valence-corrected chi connectivity index (χ0v) is 18.0. The minimum absolute atomic E-state index is 0.0759. The number of nitrogens with zero attached hydrogens (tertiary/aromatic N) is 4. The van der Waals surface area contributed by atoms with Crippen molar-refractivity contribution in [3.8, 4) is 5.69 Å². The molecule has 32 heavy (non-hydrogen) atoms. The second-order valence-corrected chi connectivity index (χ2v) is 7.61. The number of H-pyrrole nitrogens is 1. The number of aromatic amines is 1. The number of aryl methyl sites for hydroxylation is 2. The molecule has 1 saturated heterocycles. The molecule has 1 fully saturated rings. The van der Waals surface area contributed by atoms with Gasteiger partial charge in [0.1, 0.15) is 11.6 Å². The molecule has 10 heteroatoms. The normalized spacial score (nSPS) is 13.9. The van der Waals surface area contributed by atoms with E-state index < -0.39 is 5.82 Å². The summed E-state index contributed by atoms with van der Waals surface area (Å²) in [7, 11) is 0. The maximum absolute atomic E-state index is 14.5. The van der Waals surface area contributed by atoms with E-state index in [4.69, 9.17) is 4.74 Å². The molecular formula is C22H25FN6O3. The number of hydrogen-bond acceptors (Lipinski definition) is 6. The second kappa shape index (κ2) is 9.31. The molecule has 1 amide bonds. The molecule has 0 atom stereocenters. The molecule has 9 nitrogen and oxygen atoms in total. The van der Waals surface area contributed by atoms with Crippen molar-refractivity contribution in [2.45, 2.75) is 26.7 Å². The van der Waals surface area contributed by atoms with Crippen LogP contribution in [0.1, 0.15) is 23.5 Å². The quantitative estimate of drug-likeness (QED) is 0.608. The van der Waals surface area contributed by atoms with Crippen molar-refractivity contribution in [3.05, 3.63) is 63.8 Å². The molecule has 2 N–H and O–H groups in total. The van der Waals surface area contributed by atoms with Crippen molar-refractivity contribution >= 4 is 17.5 Å². The van der Waals surface area contributed by atoms with Crippen molar-refractivity contribution in [3.63, 3.8) is 0 Å². The number of amides is 1. The topological polar surface area (TPSA) is 105 Å². The molecule has 0 aliphatic carbocycles. The van der Waals surface area contributed by atoms with E-state index in [0.717, 1.165) is 0 Å². The number of ether oxygens (including phenoxy) is 1. The number of aromatic nitrogens is 4. The van der Waals surface area contributed by atoms with E-state index in [9.17, 15) is 14.0 Å². The molecular weight excluding hydrogens is 415 g/mol. The zero-order chi connectivity index (χ0) is 22.7. The summed E-state index contributed by atoms with van der Waals surface area (Å²) >= 11 is 0. The number of carbonyl (C=O) groups is 1. The number of halogens is 1. The van der Waals surface area contributed by atoms with Crippen molar-refractivity contribution in [2.75, 3.05) is 36.5 Å². The number of benzene rings is 1. The van der Waals surface area contributed by atoms with Gasteiger partial charge in [-0.2, -0.15) is 0 Å². The van der Waals surface area contributed by atoms with Crippen LogP contribution in [0.4, 0.5) is 16.0 Å². The van der Waals surface area contributed by atoms with Gasteiger partial charge in [-0.25, -0.2) is 14.4 Å². The Hall–Kier alpha value is -3.53. The lowest BCUT2D eigenvalue weighted by Crippen LogP contribution is -2.38. The fourth-order valence-corrected chi connectivity index (χ4v) is 3.69. The molecule has 1 aliphatic heterocycles. The first-order valence-electron chi connectivity index (χ1n) is 10.4. The summed E-state index contributed by atoms with van der Waals surface area (Å²) in [4.78, 5) is 38.3. The Morgan fingerprint density at radius 3 is 2.72 bits per heavy atom. The van der Waals surface area contributed by atoms with Crippen LogP contribution >= 0.6 is 0 Å². The van der Waals surface area contributed by atoms with Gasteiger partial charge in [0.2, 0.25) is 11.9 Å². The molecule has 0 unspecified atom stereocenters. The van der Waals surface area contributed by atoms with Crippen molar-refractivity contribution in [1.29, 1.82) is 0 Å². The number of nitrogens with one attached hydrogen (secondary N) is 2. The lowest BCUT2D eigenvalue weighted by molar-refractivity contribution is -0.116. The number of hydrogen-bond donors (Lipinski definition) is 2. The molecule has 3 heterocycles. The molecule has 0 radical (unpaired) electrons. The highest BCUT2D eigenvalue weighted by Gasteiger charge is 2.17. The van der Waals surface area contributed by atoms with Gasteiger partial charge < -0.3 is 19.5 Å². The maximum Gasteiger partial charge on any atom is 0.255 e. The third-order valence-electron chi connectivity index (χ3n) is 5.44. The van der Waals surface area contributed by atoms with Gasteiger partial charge in [0.15, 0.2) is 0 Å². The summed E-state index contributed by atoms with van der Waals surface area (Å²) in [6, 6.07) is 4.48. The molecule has 168 valence electrons. The average Bonchev–Trinajstić information content (AvgIpc) is 3.19. The minimum atomic E-state index is -0.473. The molecule has 0 saturated carbocycles. The number of anilines is 2. The van der Waals surface area contributed by atoms with E-state index in [1.54, 1.807) is 42.9 Å². The maximum atomic E-state index is 14.5. The summed E-state index contributed by atoms with van der Waals surface area (Å²) < 4.78 is 21.5. The lowest BCUT2D eigenvalue weighted by atomic mass is 10.1. The fraction of sp³-hybridized carbons (Fsp3) is 0.364. The van der Waals surface area contributed by atoms with Crippen LogP contribution in [-0.4, -0.2) is 51.7 Å². The van der Waals surface area contributed by atoms with Crippen molar-refractivity contribution < 1.29 is 13.9 Å². The van der Waals surface area contributed by atoms with Gasteiger partial charge in [0, 0.05) is 48.8 Å². The molecule has 1 aromatic carbocycles. The van der Waals surface area contributed by atoms with Crippen molar-refractivity contribution in [2.24, 2.45) is 0 Å². The highest BCUT2D eigenvalue weighted by atomic mass is 19.1. The van der Waals surface area contributed by atoms with E-state index in [1.807, 2.05) is 4.90 Å². The van der Waals surface area contributed by atoms with Gasteiger partial charge in [-0.1, -0.05) is 0 Å².